The third kappa shape index (κ3) is 5.73. The monoisotopic (exact) mass is 388 g/mol. The SMILES string of the molecule is CNCC1CCN(C(=O)c2ccc(N3CCCCCC3)nc2)C1.Cl.Cl. The number of nitrogens with one attached hydrogen (secondary N) is 1. The number of anilines is 1. The molecule has 2 fully saturated rings. The Labute approximate surface area is 163 Å². The summed E-state index contributed by atoms with van der Waals surface area (Å²) in [5.74, 6) is 1.71. The molecule has 1 atom stereocenters. The first-order valence-electron chi connectivity index (χ1n) is 8.93. The summed E-state index contributed by atoms with van der Waals surface area (Å²) in [5, 5.41) is 3.20. The standard InChI is InChI=1S/C18H28N4O.2ClH/c1-19-12-15-8-11-22(14-15)18(23)16-6-7-17(20-13-16)21-9-4-2-3-5-10-21;;/h6-7,13,15,19H,2-5,8-12,14H2,1H3;2*1H. The fraction of sp³-hybridized carbons (Fsp3) is 0.667. The van der Waals surface area contributed by atoms with Gasteiger partial charge in [-0.25, -0.2) is 4.98 Å². The van der Waals surface area contributed by atoms with E-state index in [-0.39, 0.29) is 30.7 Å². The third-order valence-electron chi connectivity index (χ3n) is 4.99. The van der Waals surface area contributed by atoms with Gasteiger partial charge in [0, 0.05) is 32.4 Å². The second-order valence-corrected chi connectivity index (χ2v) is 6.77. The van der Waals surface area contributed by atoms with Crippen molar-refractivity contribution in [2.24, 2.45) is 5.92 Å². The van der Waals surface area contributed by atoms with Crippen molar-refractivity contribution in [3.05, 3.63) is 23.9 Å². The highest BCUT2D eigenvalue weighted by Crippen LogP contribution is 2.20. The molecule has 2 aliphatic rings. The zero-order valence-corrected chi connectivity index (χ0v) is 16.6. The van der Waals surface area contributed by atoms with Gasteiger partial charge in [0.1, 0.15) is 5.82 Å². The second-order valence-electron chi connectivity index (χ2n) is 6.77. The van der Waals surface area contributed by atoms with Crippen LogP contribution in [-0.4, -0.2) is 55.6 Å². The fourth-order valence-electron chi connectivity index (χ4n) is 3.65. The Kier molecular flexibility index (Phi) is 9.54. The van der Waals surface area contributed by atoms with Crippen LogP contribution >= 0.6 is 24.8 Å². The molecule has 0 saturated carbocycles. The summed E-state index contributed by atoms with van der Waals surface area (Å²) in [5.41, 5.74) is 0.716. The van der Waals surface area contributed by atoms with Gasteiger partial charge < -0.3 is 15.1 Å². The van der Waals surface area contributed by atoms with Gasteiger partial charge in [-0.1, -0.05) is 12.8 Å². The number of hydrogen-bond acceptors (Lipinski definition) is 4. The molecule has 5 nitrogen and oxygen atoms in total. The van der Waals surface area contributed by atoms with E-state index in [4.69, 9.17) is 0 Å². The predicted molar refractivity (Wildman–Crippen MR) is 107 cm³/mol. The maximum atomic E-state index is 12.6. The van der Waals surface area contributed by atoms with Crippen molar-refractivity contribution in [2.45, 2.75) is 32.1 Å². The number of carbonyl (C=O) groups excluding carboxylic acids is 1. The highest BCUT2D eigenvalue weighted by Gasteiger charge is 2.26. The van der Waals surface area contributed by atoms with Crippen molar-refractivity contribution in [2.75, 3.05) is 44.7 Å². The third-order valence-corrected chi connectivity index (χ3v) is 4.99. The van der Waals surface area contributed by atoms with Crippen LogP contribution in [-0.2, 0) is 0 Å². The highest BCUT2D eigenvalue weighted by molar-refractivity contribution is 5.94. The van der Waals surface area contributed by atoms with E-state index >= 15 is 0 Å². The number of likely N-dealkylation sites (tertiary alicyclic amines) is 1. The molecule has 0 spiro atoms. The van der Waals surface area contributed by atoms with E-state index < -0.39 is 0 Å². The number of pyridine rings is 1. The van der Waals surface area contributed by atoms with Gasteiger partial charge in [-0.2, -0.15) is 0 Å². The van der Waals surface area contributed by atoms with Gasteiger partial charge in [0.2, 0.25) is 0 Å². The lowest BCUT2D eigenvalue weighted by Crippen LogP contribution is -2.30. The van der Waals surface area contributed by atoms with Crippen LogP contribution < -0.4 is 10.2 Å². The molecule has 3 heterocycles. The van der Waals surface area contributed by atoms with Crippen LogP contribution in [0, 0.1) is 5.92 Å². The molecular weight excluding hydrogens is 359 g/mol. The molecular formula is C18H30Cl2N4O. The second kappa shape index (κ2) is 10.8. The van der Waals surface area contributed by atoms with Gasteiger partial charge >= 0.3 is 0 Å². The Bertz CT molecular complexity index is 518. The molecule has 7 heteroatoms. The lowest BCUT2D eigenvalue weighted by atomic mass is 10.1. The quantitative estimate of drug-likeness (QED) is 0.860. The number of rotatable bonds is 4. The van der Waals surface area contributed by atoms with E-state index in [0.29, 0.717) is 11.5 Å². The van der Waals surface area contributed by atoms with Crippen LogP contribution in [0.1, 0.15) is 42.5 Å². The summed E-state index contributed by atoms with van der Waals surface area (Å²) < 4.78 is 0. The van der Waals surface area contributed by atoms with Crippen LogP contribution in [0.4, 0.5) is 5.82 Å². The summed E-state index contributed by atoms with van der Waals surface area (Å²) in [4.78, 5) is 21.5. The summed E-state index contributed by atoms with van der Waals surface area (Å²) in [6.45, 7) is 4.86. The molecule has 3 rings (SSSR count). The number of amides is 1. The number of halogens is 2. The van der Waals surface area contributed by atoms with Crippen molar-refractivity contribution >= 4 is 36.5 Å². The first kappa shape index (κ1) is 22.0. The van der Waals surface area contributed by atoms with Gasteiger partial charge in [-0.05, 0) is 50.9 Å². The van der Waals surface area contributed by atoms with Crippen molar-refractivity contribution in [1.82, 2.24) is 15.2 Å². The molecule has 0 radical (unpaired) electrons. The molecule has 2 saturated heterocycles. The maximum absolute atomic E-state index is 12.6. The zero-order chi connectivity index (χ0) is 16.1. The van der Waals surface area contributed by atoms with Gasteiger partial charge in [-0.3, -0.25) is 4.79 Å². The van der Waals surface area contributed by atoms with E-state index in [0.717, 1.165) is 45.0 Å². The van der Waals surface area contributed by atoms with E-state index in [9.17, 15) is 4.79 Å². The van der Waals surface area contributed by atoms with Gasteiger partial charge in [0.15, 0.2) is 0 Å². The first-order chi connectivity index (χ1) is 11.3. The summed E-state index contributed by atoms with van der Waals surface area (Å²) >= 11 is 0. The van der Waals surface area contributed by atoms with E-state index in [1.54, 1.807) is 6.20 Å². The Morgan fingerprint density at radius 1 is 1.16 bits per heavy atom. The van der Waals surface area contributed by atoms with Crippen LogP contribution in [0.5, 0.6) is 0 Å². The van der Waals surface area contributed by atoms with Crippen molar-refractivity contribution in [3.8, 4) is 0 Å². The minimum atomic E-state index is 0. The summed E-state index contributed by atoms with van der Waals surface area (Å²) in [6, 6.07) is 3.96. The predicted octanol–water partition coefficient (Wildman–Crippen LogP) is 2.99. The molecule has 0 aliphatic carbocycles. The topological polar surface area (TPSA) is 48.5 Å². The molecule has 1 aromatic heterocycles. The highest BCUT2D eigenvalue weighted by atomic mass is 35.5. The average molecular weight is 389 g/mol. The number of carbonyl (C=O) groups is 1. The molecule has 1 aromatic rings. The molecule has 25 heavy (non-hydrogen) atoms. The van der Waals surface area contributed by atoms with Crippen LogP contribution in [0.2, 0.25) is 0 Å². The zero-order valence-electron chi connectivity index (χ0n) is 14.9. The number of aromatic nitrogens is 1. The van der Waals surface area contributed by atoms with E-state index in [2.05, 4.69) is 15.2 Å². The minimum absolute atomic E-state index is 0. The Morgan fingerprint density at radius 2 is 1.88 bits per heavy atom. The smallest absolute Gasteiger partial charge is 0.255 e. The summed E-state index contributed by atoms with van der Waals surface area (Å²) in [7, 11) is 1.97. The summed E-state index contributed by atoms with van der Waals surface area (Å²) in [6.07, 6.45) is 7.96. The number of hydrogen-bond donors (Lipinski definition) is 1. The molecule has 142 valence electrons. The lowest BCUT2D eigenvalue weighted by Gasteiger charge is -2.22. The van der Waals surface area contributed by atoms with Crippen LogP contribution in [0.25, 0.3) is 0 Å². The van der Waals surface area contributed by atoms with Crippen molar-refractivity contribution in [1.29, 1.82) is 0 Å². The van der Waals surface area contributed by atoms with E-state index in [1.807, 2.05) is 24.1 Å². The van der Waals surface area contributed by atoms with Gasteiger partial charge in [0.25, 0.3) is 5.91 Å². The van der Waals surface area contributed by atoms with Gasteiger partial charge in [-0.15, -0.1) is 24.8 Å². The largest absolute Gasteiger partial charge is 0.357 e. The van der Waals surface area contributed by atoms with Crippen LogP contribution in [0.15, 0.2) is 18.3 Å². The molecule has 0 aromatic carbocycles. The first-order valence-corrected chi connectivity index (χ1v) is 8.93. The normalized spacial score (nSPS) is 20.4. The molecule has 1 amide bonds. The Morgan fingerprint density at radius 3 is 2.48 bits per heavy atom. The fourth-order valence-corrected chi connectivity index (χ4v) is 3.65. The van der Waals surface area contributed by atoms with Crippen LogP contribution in [0.3, 0.4) is 0 Å². The van der Waals surface area contributed by atoms with Gasteiger partial charge in [0.05, 0.1) is 5.56 Å². The Hall–Kier alpha value is -1.04. The lowest BCUT2D eigenvalue weighted by molar-refractivity contribution is 0.0787. The molecule has 1 unspecified atom stereocenters. The van der Waals surface area contributed by atoms with Crippen molar-refractivity contribution < 1.29 is 4.79 Å². The average Bonchev–Trinajstić information content (AvgIpc) is 2.88. The molecule has 1 N–H and O–H groups in total. The minimum Gasteiger partial charge on any atom is -0.357 e. The van der Waals surface area contributed by atoms with Crippen molar-refractivity contribution in [3.63, 3.8) is 0 Å². The van der Waals surface area contributed by atoms with E-state index in [1.165, 1.54) is 25.7 Å². The molecule has 2 aliphatic heterocycles. The Balaban J connectivity index is 0.00000156. The number of nitrogens with zero attached hydrogens (tertiary/aromatic N) is 3. The molecule has 0 bridgehead atoms. The maximum Gasteiger partial charge on any atom is 0.255 e.